The van der Waals surface area contributed by atoms with Crippen molar-refractivity contribution < 1.29 is 9.53 Å². The molecule has 0 fully saturated rings. The van der Waals surface area contributed by atoms with Crippen LogP contribution in [-0.2, 0) is 16.1 Å². The topological polar surface area (TPSA) is 106 Å². The summed E-state index contributed by atoms with van der Waals surface area (Å²) in [5, 5.41) is 20.5. The standard InChI is InChI=1S/C20H20N6O2S/c1-14(19(27)23-17-5-3-15(13-21)4-6-17)29-20-25-24-18(26(20)11-12-28-2)16-7-9-22-10-8-16/h3-10,14H,11-12H2,1-2H3,(H,23,27)/t14-/m0/s1. The zero-order valence-corrected chi connectivity index (χ0v) is 16.9. The summed E-state index contributed by atoms with van der Waals surface area (Å²) in [6.07, 6.45) is 3.40. The maximum Gasteiger partial charge on any atom is 0.237 e. The Labute approximate surface area is 172 Å². The number of nitrogens with zero attached hydrogens (tertiary/aromatic N) is 5. The fourth-order valence-corrected chi connectivity index (χ4v) is 3.43. The molecule has 0 saturated carbocycles. The third kappa shape index (κ3) is 5.19. The van der Waals surface area contributed by atoms with E-state index in [0.29, 0.717) is 35.4 Å². The van der Waals surface area contributed by atoms with Gasteiger partial charge < -0.3 is 10.1 Å². The van der Waals surface area contributed by atoms with Crippen LogP contribution >= 0.6 is 11.8 Å². The van der Waals surface area contributed by atoms with Gasteiger partial charge in [-0.15, -0.1) is 10.2 Å². The van der Waals surface area contributed by atoms with Crippen molar-refractivity contribution in [2.75, 3.05) is 19.0 Å². The number of nitrogens with one attached hydrogen (secondary N) is 1. The van der Waals surface area contributed by atoms with E-state index < -0.39 is 5.25 Å². The van der Waals surface area contributed by atoms with E-state index in [1.165, 1.54) is 11.8 Å². The predicted molar refractivity (Wildman–Crippen MR) is 110 cm³/mol. The number of rotatable bonds is 8. The molecule has 8 nitrogen and oxygen atoms in total. The molecule has 3 aromatic rings. The van der Waals surface area contributed by atoms with Gasteiger partial charge in [0.05, 0.1) is 30.0 Å². The number of pyridine rings is 1. The SMILES string of the molecule is COCCn1c(S[C@@H](C)C(=O)Nc2ccc(C#N)cc2)nnc1-c1ccncc1. The molecule has 9 heteroatoms. The van der Waals surface area contributed by atoms with Crippen LogP contribution in [0.15, 0.2) is 53.9 Å². The molecule has 0 spiro atoms. The van der Waals surface area contributed by atoms with Crippen LogP contribution in [0.25, 0.3) is 11.4 Å². The number of methoxy groups -OCH3 is 1. The van der Waals surface area contributed by atoms with Gasteiger partial charge in [0.25, 0.3) is 0 Å². The van der Waals surface area contributed by atoms with Crippen molar-refractivity contribution in [1.82, 2.24) is 19.7 Å². The number of thioether (sulfide) groups is 1. The molecule has 1 amide bonds. The Morgan fingerprint density at radius 3 is 2.62 bits per heavy atom. The molecule has 2 heterocycles. The molecule has 1 N–H and O–H groups in total. The minimum Gasteiger partial charge on any atom is -0.383 e. The number of carbonyl (C=O) groups is 1. The van der Waals surface area contributed by atoms with E-state index in [2.05, 4.69) is 26.6 Å². The minimum absolute atomic E-state index is 0.161. The summed E-state index contributed by atoms with van der Waals surface area (Å²) < 4.78 is 7.15. The molecule has 0 radical (unpaired) electrons. The van der Waals surface area contributed by atoms with Gasteiger partial charge in [-0.2, -0.15) is 5.26 Å². The Kier molecular flexibility index (Phi) is 6.94. The van der Waals surface area contributed by atoms with E-state index in [1.54, 1.807) is 43.8 Å². The lowest BCUT2D eigenvalue weighted by Gasteiger charge is -2.13. The molecule has 29 heavy (non-hydrogen) atoms. The molecule has 2 aromatic heterocycles. The quantitative estimate of drug-likeness (QED) is 0.571. The van der Waals surface area contributed by atoms with E-state index in [4.69, 9.17) is 10.00 Å². The lowest BCUT2D eigenvalue weighted by Crippen LogP contribution is -2.23. The van der Waals surface area contributed by atoms with Gasteiger partial charge in [-0.25, -0.2) is 0 Å². The Bertz CT molecular complexity index is 998. The first-order valence-corrected chi connectivity index (χ1v) is 9.80. The van der Waals surface area contributed by atoms with Crippen LogP contribution in [0.1, 0.15) is 12.5 Å². The highest BCUT2D eigenvalue weighted by molar-refractivity contribution is 8.00. The molecule has 1 atom stereocenters. The highest BCUT2D eigenvalue weighted by Crippen LogP contribution is 2.27. The van der Waals surface area contributed by atoms with Crippen LogP contribution in [0.4, 0.5) is 5.69 Å². The number of hydrogen-bond acceptors (Lipinski definition) is 7. The first-order valence-electron chi connectivity index (χ1n) is 8.92. The van der Waals surface area contributed by atoms with Crippen LogP contribution in [0.5, 0.6) is 0 Å². The molecule has 0 unspecified atom stereocenters. The zero-order valence-electron chi connectivity index (χ0n) is 16.1. The summed E-state index contributed by atoms with van der Waals surface area (Å²) in [5.74, 6) is 0.540. The third-order valence-electron chi connectivity index (χ3n) is 4.11. The van der Waals surface area contributed by atoms with E-state index in [9.17, 15) is 4.79 Å². The van der Waals surface area contributed by atoms with Crippen molar-refractivity contribution in [1.29, 1.82) is 5.26 Å². The fraction of sp³-hybridized carbons (Fsp3) is 0.250. The Balaban J connectivity index is 1.74. The molecular weight excluding hydrogens is 388 g/mol. The second kappa shape index (κ2) is 9.82. The normalized spacial score (nSPS) is 11.6. The van der Waals surface area contributed by atoms with Crippen LogP contribution in [-0.4, -0.2) is 44.6 Å². The van der Waals surface area contributed by atoms with Gasteiger partial charge in [-0.1, -0.05) is 11.8 Å². The van der Waals surface area contributed by atoms with Gasteiger partial charge in [0, 0.05) is 30.8 Å². The summed E-state index contributed by atoms with van der Waals surface area (Å²) in [6.45, 7) is 2.87. The van der Waals surface area contributed by atoms with Crippen molar-refractivity contribution in [3.63, 3.8) is 0 Å². The number of carbonyl (C=O) groups excluding carboxylic acids is 1. The molecule has 148 valence electrons. The second-order valence-corrected chi connectivity index (χ2v) is 7.43. The lowest BCUT2D eigenvalue weighted by molar-refractivity contribution is -0.115. The van der Waals surface area contributed by atoms with E-state index in [1.807, 2.05) is 23.6 Å². The maximum atomic E-state index is 12.6. The first kappa shape index (κ1) is 20.5. The van der Waals surface area contributed by atoms with Crippen molar-refractivity contribution in [3.05, 3.63) is 54.4 Å². The molecule has 0 aliphatic rings. The van der Waals surface area contributed by atoms with Crippen molar-refractivity contribution >= 4 is 23.4 Å². The molecule has 0 saturated heterocycles. The summed E-state index contributed by atoms with van der Waals surface area (Å²) in [5.41, 5.74) is 2.07. The number of anilines is 1. The second-order valence-electron chi connectivity index (χ2n) is 6.12. The van der Waals surface area contributed by atoms with Gasteiger partial charge in [-0.05, 0) is 43.3 Å². The summed E-state index contributed by atoms with van der Waals surface area (Å²) >= 11 is 1.32. The van der Waals surface area contributed by atoms with E-state index in [0.717, 1.165) is 5.56 Å². The van der Waals surface area contributed by atoms with Gasteiger partial charge in [0.15, 0.2) is 11.0 Å². The number of hydrogen-bond donors (Lipinski definition) is 1. The molecule has 1 aromatic carbocycles. The van der Waals surface area contributed by atoms with Crippen molar-refractivity contribution in [3.8, 4) is 17.5 Å². The van der Waals surface area contributed by atoms with Crippen molar-refractivity contribution in [2.24, 2.45) is 0 Å². The summed E-state index contributed by atoms with van der Waals surface area (Å²) in [6, 6.07) is 12.5. The Morgan fingerprint density at radius 2 is 1.97 bits per heavy atom. The number of ether oxygens (including phenoxy) is 1. The van der Waals surface area contributed by atoms with E-state index in [-0.39, 0.29) is 5.91 Å². The van der Waals surface area contributed by atoms with Gasteiger partial charge in [0.1, 0.15) is 0 Å². The average Bonchev–Trinajstić information content (AvgIpc) is 3.15. The molecule has 0 aliphatic heterocycles. The van der Waals surface area contributed by atoms with Gasteiger partial charge >= 0.3 is 0 Å². The largest absolute Gasteiger partial charge is 0.383 e. The smallest absolute Gasteiger partial charge is 0.237 e. The maximum absolute atomic E-state index is 12.6. The highest BCUT2D eigenvalue weighted by Gasteiger charge is 2.21. The van der Waals surface area contributed by atoms with Crippen molar-refractivity contribution in [2.45, 2.75) is 23.9 Å². The predicted octanol–water partition coefficient (Wildman–Crippen LogP) is 2.98. The first-order chi connectivity index (χ1) is 14.1. The zero-order chi connectivity index (χ0) is 20.6. The minimum atomic E-state index is -0.401. The number of nitriles is 1. The summed E-state index contributed by atoms with van der Waals surface area (Å²) in [4.78, 5) is 16.6. The lowest BCUT2D eigenvalue weighted by atomic mass is 10.2. The fourth-order valence-electron chi connectivity index (χ4n) is 2.56. The van der Waals surface area contributed by atoms with E-state index >= 15 is 0 Å². The molecule has 0 bridgehead atoms. The third-order valence-corrected chi connectivity index (χ3v) is 5.19. The number of aromatic nitrogens is 4. The van der Waals surface area contributed by atoms with Crippen LogP contribution in [0, 0.1) is 11.3 Å². The highest BCUT2D eigenvalue weighted by atomic mass is 32.2. The molecule has 3 rings (SSSR count). The average molecular weight is 408 g/mol. The number of amides is 1. The van der Waals surface area contributed by atoms with Crippen LogP contribution in [0.2, 0.25) is 0 Å². The van der Waals surface area contributed by atoms with Gasteiger partial charge in [-0.3, -0.25) is 14.3 Å². The molecule has 0 aliphatic carbocycles. The van der Waals surface area contributed by atoms with Crippen LogP contribution < -0.4 is 5.32 Å². The summed E-state index contributed by atoms with van der Waals surface area (Å²) in [7, 11) is 1.64. The van der Waals surface area contributed by atoms with Gasteiger partial charge in [0.2, 0.25) is 5.91 Å². The molecular formula is C20H20N6O2S. The Hall–Kier alpha value is -3.22. The van der Waals surface area contributed by atoms with Crippen LogP contribution in [0.3, 0.4) is 0 Å². The number of benzene rings is 1. The Morgan fingerprint density at radius 1 is 1.24 bits per heavy atom. The monoisotopic (exact) mass is 408 g/mol.